The van der Waals surface area contributed by atoms with E-state index in [0.29, 0.717) is 0 Å². The number of carbonyl (C=O) groups is 1. The van der Waals surface area contributed by atoms with E-state index >= 15 is 0 Å². The van der Waals surface area contributed by atoms with Crippen LogP contribution in [0.3, 0.4) is 0 Å². The third-order valence-corrected chi connectivity index (χ3v) is 2.62. The Morgan fingerprint density at radius 2 is 1.67 bits per heavy atom. The van der Waals surface area contributed by atoms with Gasteiger partial charge in [0.25, 0.3) is 0 Å². The van der Waals surface area contributed by atoms with Gasteiger partial charge in [-0.1, -0.05) is 6.92 Å². The van der Waals surface area contributed by atoms with Crippen molar-refractivity contribution in [3.63, 3.8) is 0 Å². The molecule has 0 spiro atoms. The molecule has 1 fully saturated rings. The lowest BCUT2D eigenvalue weighted by molar-refractivity contribution is -0.148. The summed E-state index contributed by atoms with van der Waals surface area (Å²) in [6.07, 6.45) is -0.856. The standard InChI is InChI=1S/C8H14O4/c1-4-6(9)2-5(8(11)12)3-7(4)10/h4-7,9-10H,2-3H2,1H3,(H,11,12)/t4?,5?,6-,7+. The van der Waals surface area contributed by atoms with Crippen molar-refractivity contribution < 1.29 is 20.1 Å². The monoisotopic (exact) mass is 174 g/mol. The van der Waals surface area contributed by atoms with Crippen LogP contribution in [-0.2, 0) is 4.79 Å². The summed E-state index contributed by atoms with van der Waals surface area (Å²) in [6.45, 7) is 1.73. The number of aliphatic hydroxyl groups is 2. The minimum Gasteiger partial charge on any atom is -0.481 e. The average molecular weight is 174 g/mol. The van der Waals surface area contributed by atoms with Gasteiger partial charge in [-0.05, 0) is 12.8 Å². The number of aliphatic carboxylic acids is 1. The number of aliphatic hydroxyl groups excluding tert-OH is 2. The SMILES string of the molecule is CC1[C@H](O)CC(C(=O)O)C[C@@H]1O. The Balaban J connectivity index is 2.59. The van der Waals surface area contributed by atoms with Crippen LogP contribution < -0.4 is 0 Å². The highest BCUT2D eigenvalue weighted by molar-refractivity contribution is 5.70. The van der Waals surface area contributed by atoms with Crippen LogP contribution in [0.15, 0.2) is 0 Å². The Kier molecular flexibility index (Phi) is 2.69. The lowest BCUT2D eigenvalue weighted by Gasteiger charge is -2.32. The van der Waals surface area contributed by atoms with E-state index in [0.717, 1.165) is 0 Å². The lowest BCUT2D eigenvalue weighted by Crippen LogP contribution is -2.40. The molecule has 70 valence electrons. The van der Waals surface area contributed by atoms with Crippen molar-refractivity contribution in [3.8, 4) is 0 Å². The Morgan fingerprint density at radius 3 is 2.00 bits per heavy atom. The number of hydrogen-bond donors (Lipinski definition) is 3. The first-order valence-electron chi connectivity index (χ1n) is 4.11. The number of hydrogen-bond acceptors (Lipinski definition) is 3. The summed E-state index contributed by atoms with van der Waals surface area (Å²) in [6, 6.07) is 0. The van der Waals surface area contributed by atoms with E-state index in [2.05, 4.69) is 0 Å². The van der Waals surface area contributed by atoms with Gasteiger partial charge < -0.3 is 15.3 Å². The first kappa shape index (κ1) is 9.48. The quantitative estimate of drug-likeness (QED) is 0.516. The van der Waals surface area contributed by atoms with E-state index in [1.165, 1.54) is 0 Å². The zero-order valence-electron chi connectivity index (χ0n) is 6.97. The molecule has 0 bridgehead atoms. The first-order valence-corrected chi connectivity index (χ1v) is 4.11. The maximum Gasteiger partial charge on any atom is 0.306 e. The maximum absolute atomic E-state index is 10.5. The molecule has 3 N–H and O–H groups in total. The van der Waals surface area contributed by atoms with Crippen LogP contribution in [0, 0.1) is 11.8 Å². The smallest absolute Gasteiger partial charge is 0.306 e. The Morgan fingerprint density at radius 1 is 1.25 bits per heavy atom. The molecule has 4 atom stereocenters. The highest BCUT2D eigenvalue weighted by Gasteiger charge is 2.36. The molecule has 0 aromatic carbocycles. The molecule has 0 aromatic heterocycles. The summed E-state index contributed by atoms with van der Waals surface area (Å²) in [7, 11) is 0. The third-order valence-electron chi connectivity index (χ3n) is 2.62. The normalized spacial score (nSPS) is 42.6. The molecule has 0 heterocycles. The van der Waals surface area contributed by atoms with Crippen LogP contribution in [0.1, 0.15) is 19.8 Å². The van der Waals surface area contributed by atoms with Crippen LogP contribution in [0.25, 0.3) is 0 Å². The zero-order chi connectivity index (χ0) is 9.30. The minimum atomic E-state index is -0.931. The molecule has 0 aliphatic heterocycles. The molecule has 1 aliphatic carbocycles. The van der Waals surface area contributed by atoms with Crippen LogP contribution in [0.2, 0.25) is 0 Å². The predicted octanol–water partition coefficient (Wildman–Crippen LogP) is -0.161. The molecule has 0 aromatic rings. The van der Waals surface area contributed by atoms with Gasteiger partial charge in [-0.15, -0.1) is 0 Å². The molecule has 0 amide bonds. The molecule has 0 saturated heterocycles. The fourth-order valence-corrected chi connectivity index (χ4v) is 1.57. The van der Waals surface area contributed by atoms with E-state index in [1.54, 1.807) is 6.92 Å². The molecule has 1 aliphatic rings. The van der Waals surface area contributed by atoms with Gasteiger partial charge >= 0.3 is 5.97 Å². The van der Waals surface area contributed by atoms with E-state index in [-0.39, 0.29) is 18.8 Å². The van der Waals surface area contributed by atoms with Gasteiger partial charge in [0.15, 0.2) is 0 Å². The highest BCUT2D eigenvalue weighted by Crippen LogP contribution is 2.29. The van der Waals surface area contributed by atoms with Gasteiger partial charge in [0.1, 0.15) is 0 Å². The second-order valence-corrected chi connectivity index (χ2v) is 3.50. The summed E-state index contributed by atoms with van der Waals surface area (Å²) in [5.41, 5.74) is 0. The Labute approximate surface area is 70.8 Å². The van der Waals surface area contributed by atoms with Crippen molar-refractivity contribution in [2.24, 2.45) is 11.8 Å². The zero-order valence-corrected chi connectivity index (χ0v) is 6.97. The third kappa shape index (κ3) is 1.76. The molecule has 0 radical (unpaired) electrons. The van der Waals surface area contributed by atoms with Gasteiger partial charge in [-0.2, -0.15) is 0 Å². The molecular weight excluding hydrogens is 160 g/mol. The number of rotatable bonds is 1. The second-order valence-electron chi connectivity index (χ2n) is 3.50. The number of carboxylic acid groups (broad SMARTS) is 1. The van der Waals surface area contributed by atoms with Gasteiger partial charge in [0, 0.05) is 5.92 Å². The van der Waals surface area contributed by atoms with Crippen molar-refractivity contribution in [2.45, 2.75) is 32.0 Å². The largest absolute Gasteiger partial charge is 0.481 e. The van der Waals surface area contributed by atoms with Crippen molar-refractivity contribution >= 4 is 5.97 Å². The summed E-state index contributed by atoms with van der Waals surface area (Å²) >= 11 is 0. The maximum atomic E-state index is 10.5. The molecule has 4 heteroatoms. The first-order chi connectivity index (χ1) is 5.52. The van der Waals surface area contributed by atoms with Crippen LogP contribution in [0.4, 0.5) is 0 Å². The number of carboxylic acids is 1. The molecule has 1 saturated carbocycles. The molecule has 1 rings (SSSR count). The molecule has 12 heavy (non-hydrogen) atoms. The summed E-state index contributed by atoms with van der Waals surface area (Å²) in [5.74, 6) is -1.73. The summed E-state index contributed by atoms with van der Waals surface area (Å²) in [5, 5.41) is 27.3. The minimum absolute atomic E-state index is 0.208. The average Bonchev–Trinajstić information content (AvgIpc) is 1.99. The lowest BCUT2D eigenvalue weighted by atomic mass is 9.79. The Hall–Kier alpha value is -0.610. The van der Waals surface area contributed by atoms with E-state index in [9.17, 15) is 15.0 Å². The topological polar surface area (TPSA) is 77.8 Å². The second kappa shape index (κ2) is 3.41. The fourth-order valence-electron chi connectivity index (χ4n) is 1.57. The van der Waals surface area contributed by atoms with Crippen molar-refractivity contribution in [1.82, 2.24) is 0 Å². The van der Waals surface area contributed by atoms with Crippen molar-refractivity contribution in [2.75, 3.05) is 0 Å². The highest BCUT2D eigenvalue weighted by atomic mass is 16.4. The Bertz CT molecular complexity index is 168. The van der Waals surface area contributed by atoms with E-state index in [1.807, 2.05) is 0 Å². The fraction of sp³-hybridized carbons (Fsp3) is 0.875. The summed E-state index contributed by atoms with van der Waals surface area (Å²) in [4.78, 5) is 10.5. The van der Waals surface area contributed by atoms with Gasteiger partial charge in [0.05, 0.1) is 18.1 Å². The van der Waals surface area contributed by atoms with Crippen LogP contribution in [0.5, 0.6) is 0 Å². The van der Waals surface area contributed by atoms with E-state index in [4.69, 9.17) is 5.11 Å². The van der Waals surface area contributed by atoms with Crippen molar-refractivity contribution in [1.29, 1.82) is 0 Å². The van der Waals surface area contributed by atoms with Gasteiger partial charge in [-0.3, -0.25) is 4.79 Å². The molecule has 2 unspecified atom stereocenters. The van der Waals surface area contributed by atoms with Gasteiger partial charge in [0.2, 0.25) is 0 Å². The molecular formula is C8H14O4. The van der Waals surface area contributed by atoms with Crippen LogP contribution >= 0.6 is 0 Å². The van der Waals surface area contributed by atoms with E-state index < -0.39 is 24.1 Å². The van der Waals surface area contributed by atoms with Crippen molar-refractivity contribution in [3.05, 3.63) is 0 Å². The predicted molar refractivity (Wildman–Crippen MR) is 41.5 cm³/mol. The van der Waals surface area contributed by atoms with Crippen LogP contribution in [-0.4, -0.2) is 33.5 Å². The van der Waals surface area contributed by atoms with Gasteiger partial charge in [-0.25, -0.2) is 0 Å². The molecule has 4 nitrogen and oxygen atoms in total. The summed E-state index contributed by atoms with van der Waals surface area (Å²) < 4.78 is 0.